The number of phenols is 2. The summed E-state index contributed by atoms with van der Waals surface area (Å²) in [5, 5.41) is 33.2. The van der Waals surface area contributed by atoms with E-state index in [0.717, 1.165) is 0 Å². The third kappa shape index (κ3) is 3.94. The van der Waals surface area contributed by atoms with Gasteiger partial charge in [-0.2, -0.15) is 0 Å². The van der Waals surface area contributed by atoms with E-state index in [1.54, 1.807) is 31.5 Å². The van der Waals surface area contributed by atoms with Gasteiger partial charge in [-0.05, 0) is 31.5 Å². The molecule has 3 heterocycles. The standard InChI is InChI=1S/C25H24N2O7/c1-12-22(30)20-15(10-27-12)11-34-25(20)18-7-16(13(2)28)23(31)21(24(18)32)17(8-19(29)33-3)14-5-4-6-26-9-14/h4-7,9-10,17,25,30-32H,8,11H2,1-3H3/t17-,25-/m0/s1. The van der Waals surface area contributed by atoms with Crippen LogP contribution < -0.4 is 0 Å². The van der Waals surface area contributed by atoms with E-state index >= 15 is 0 Å². The van der Waals surface area contributed by atoms with E-state index < -0.39 is 29.5 Å². The van der Waals surface area contributed by atoms with Gasteiger partial charge in [0.2, 0.25) is 0 Å². The Labute approximate surface area is 195 Å². The fraction of sp³-hybridized carbons (Fsp3) is 0.280. The van der Waals surface area contributed by atoms with Gasteiger partial charge >= 0.3 is 5.97 Å². The average molecular weight is 464 g/mol. The Morgan fingerprint density at radius 3 is 2.62 bits per heavy atom. The van der Waals surface area contributed by atoms with Gasteiger partial charge in [0.05, 0.1) is 31.4 Å². The van der Waals surface area contributed by atoms with Gasteiger partial charge in [-0.1, -0.05) is 6.07 Å². The molecule has 34 heavy (non-hydrogen) atoms. The molecule has 2 atom stereocenters. The lowest BCUT2D eigenvalue weighted by Crippen LogP contribution is -2.13. The van der Waals surface area contributed by atoms with Crippen LogP contribution in [0.3, 0.4) is 0 Å². The molecule has 0 unspecified atom stereocenters. The minimum atomic E-state index is -0.915. The van der Waals surface area contributed by atoms with Crippen molar-refractivity contribution in [2.75, 3.05) is 7.11 Å². The van der Waals surface area contributed by atoms with Crippen LogP contribution in [0.2, 0.25) is 0 Å². The van der Waals surface area contributed by atoms with Gasteiger partial charge in [0, 0.05) is 46.8 Å². The predicted octanol–water partition coefficient (Wildman–Crippen LogP) is 3.42. The normalized spacial score (nSPS) is 15.6. The molecule has 0 saturated carbocycles. The Hall–Kier alpha value is -3.98. The molecule has 9 heteroatoms. The third-order valence-corrected chi connectivity index (χ3v) is 6.06. The molecule has 2 aromatic heterocycles. The number of ether oxygens (including phenoxy) is 2. The molecule has 176 valence electrons. The second-order valence-corrected chi connectivity index (χ2v) is 8.12. The molecule has 0 aliphatic carbocycles. The largest absolute Gasteiger partial charge is 0.507 e. The van der Waals surface area contributed by atoms with Crippen molar-refractivity contribution in [3.63, 3.8) is 0 Å². The number of carbonyl (C=O) groups excluding carboxylic acids is 2. The predicted molar refractivity (Wildman–Crippen MR) is 120 cm³/mol. The highest BCUT2D eigenvalue weighted by Crippen LogP contribution is 2.50. The Balaban J connectivity index is 1.98. The molecule has 0 bridgehead atoms. The van der Waals surface area contributed by atoms with Crippen molar-refractivity contribution in [1.82, 2.24) is 9.97 Å². The molecule has 4 rings (SSSR count). The van der Waals surface area contributed by atoms with Gasteiger partial charge < -0.3 is 24.8 Å². The molecule has 9 nitrogen and oxygen atoms in total. The van der Waals surface area contributed by atoms with Crippen molar-refractivity contribution in [1.29, 1.82) is 0 Å². The lowest BCUT2D eigenvalue weighted by atomic mass is 9.83. The Bertz CT molecular complexity index is 1270. The first-order valence-corrected chi connectivity index (χ1v) is 10.6. The van der Waals surface area contributed by atoms with Crippen LogP contribution in [0.15, 0.2) is 36.8 Å². The zero-order valence-corrected chi connectivity index (χ0v) is 18.9. The second kappa shape index (κ2) is 9.11. The third-order valence-electron chi connectivity index (χ3n) is 6.06. The number of Topliss-reactive ketones (excluding diaryl/α,β-unsaturated/α-hetero) is 1. The summed E-state index contributed by atoms with van der Waals surface area (Å²) in [7, 11) is 1.24. The molecule has 3 N–H and O–H groups in total. The topological polar surface area (TPSA) is 139 Å². The lowest BCUT2D eigenvalue weighted by Gasteiger charge is -2.24. The van der Waals surface area contributed by atoms with Gasteiger partial charge in [-0.15, -0.1) is 0 Å². The van der Waals surface area contributed by atoms with Gasteiger partial charge in [0.15, 0.2) is 5.78 Å². The van der Waals surface area contributed by atoms with E-state index in [9.17, 15) is 24.9 Å². The summed E-state index contributed by atoms with van der Waals surface area (Å²) in [6.45, 7) is 3.07. The average Bonchev–Trinajstić information content (AvgIpc) is 3.25. The quantitative estimate of drug-likeness (QED) is 0.370. The van der Waals surface area contributed by atoms with Crippen LogP contribution in [0.25, 0.3) is 0 Å². The number of nitrogens with zero attached hydrogens (tertiary/aromatic N) is 2. The molecule has 0 fully saturated rings. The highest BCUT2D eigenvalue weighted by molar-refractivity contribution is 5.98. The van der Waals surface area contributed by atoms with Crippen molar-refractivity contribution in [2.24, 2.45) is 0 Å². The number of rotatable bonds is 6. The maximum atomic E-state index is 12.5. The zero-order chi connectivity index (χ0) is 24.6. The summed E-state index contributed by atoms with van der Waals surface area (Å²) in [5.41, 5.74) is 2.09. The van der Waals surface area contributed by atoms with Crippen LogP contribution in [0.1, 0.15) is 69.2 Å². The maximum absolute atomic E-state index is 12.5. The smallest absolute Gasteiger partial charge is 0.306 e. The van der Waals surface area contributed by atoms with Crippen LogP contribution >= 0.6 is 0 Å². The number of esters is 1. The van der Waals surface area contributed by atoms with Crippen molar-refractivity contribution < 1.29 is 34.4 Å². The second-order valence-electron chi connectivity index (χ2n) is 8.12. The molecule has 0 saturated heterocycles. The first-order valence-electron chi connectivity index (χ1n) is 10.6. The van der Waals surface area contributed by atoms with E-state index in [1.807, 2.05) is 0 Å². The maximum Gasteiger partial charge on any atom is 0.306 e. The van der Waals surface area contributed by atoms with Crippen LogP contribution in [0.4, 0.5) is 0 Å². The number of methoxy groups -OCH3 is 1. The van der Waals surface area contributed by atoms with Crippen LogP contribution in [-0.2, 0) is 20.9 Å². The van der Waals surface area contributed by atoms with Gasteiger partial charge in [0.25, 0.3) is 0 Å². The van der Waals surface area contributed by atoms with Crippen molar-refractivity contribution >= 4 is 11.8 Å². The van der Waals surface area contributed by atoms with E-state index in [0.29, 0.717) is 22.4 Å². The number of pyridine rings is 2. The zero-order valence-electron chi connectivity index (χ0n) is 18.9. The number of phenolic OH excluding ortho intramolecular Hbond substituents is 2. The van der Waals surface area contributed by atoms with Crippen LogP contribution in [-0.4, -0.2) is 44.1 Å². The first kappa shape index (κ1) is 23.2. The Morgan fingerprint density at radius 1 is 1.21 bits per heavy atom. The number of aryl methyl sites for hydroxylation is 1. The SMILES string of the molecule is COC(=O)C[C@@H](c1cccnc1)c1c(O)c(C(C)=O)cc([C@@H]2OCc3cnc(C)c(O)c32)c1O. The summed E-state index contributed by atoms with van der Waals surface area (Å²) in [4.78, 5) is 32.9. The molecule has 0 amide bonds. The minimum Gasteiger partial charge on any atom is -0.507 e. The molecule has 1 aliphatic heterocycles. The number of benzene rings is 1. The van der Waals surface area contributed by atoms with Gasteiger partial charge in [0.1, 0.15) is 23.4 Å². The van der Waals surface area contributed by atoms with Crippen molar-refractivity contribution in [3.8, 4) is 17.2 Å². The van der Waals surface area contributed by atoms with Crippen LogP contribution in [0.5, 0.6) is 17.2 Å². The number of hydrogen-bond donors (Lipinski definition) is 3. The summed E-state index contributed by atoms with van der Waals surface area (Å²) >= 11 is 0. The number of carbonyl (C=O) groups is 2. The molecule has 0 radical (unpaired) electrons. The summed E-state index contributed by atoms with van der Waals surface area (Å²) in [6, 6.07) is 4.71. The molecular formula is C25H24N2O7. The molecule has 3 aromatic rings. The van der Waals surface area contributed by atoms with Crippen LogP contribution in [0, 0.1) is 6.92 Å². The number of hydrogen-bond acceptors (Lipinski definition) is 9. The number of aromatic hydroxyl groups is 3. The Kier molecular flexibility index (Phi) is 6.21. The molecule has 1 aromatic carbocycles. The summed E-state index contributed by atoms with van der Waals surface area (Å²) in [6.07, 6.45) is 3.51. The lowest BCUT2D eigenvalue weighted by molar-refractivity contribution is -0.140. The van der Waals surface area contributed by atoms with Gasteiger partial charge in [-0.25, -0.2) is 0 Å². The molecule has 1 aliphatic rings. The fourth-order valence-corrected chi connectivity index (χ4v) is 4.28. The van der Waals surface area contributed by atoms with E-state index in [2.05, 4.69) is 9.97 Å². The first-order chi connectivity index (χ1) is 16.2. The summed E-state index contributed by atoms with van der Waals surface area (Å²) < 4.78 is 10.7. The van der Waals surface area contributed by atoms with E-state index in [1.165, 1.54) is 26.3 Å². The fourth-order valence-electron chi connectivity index (χ4n) is 4.28. The monoisotopic (exact) mass is 464 g/mol. The van der Waals surface area contributed by atoms with Gasteiger partial charge in [-0.3, -0.25) is 19.6 Å². The van der Waals surface area contributed by atoms with Crippen molar-refractivity contribution in [2.45, 2.75) is 38.9 Å². The Morgan fingerprint density at radius 2 is 1.97 bits per heavy atom. The minimum absolute atomic E-state index is 0.0246. The molecular weight excluding hydrogens is 440 g/mol. The summed E-state index contributed by atoms with van der Waals surface area (Å²) in [5.74, 6) is -2.77. The number of ketones is 1. The van der Waals surface area contributed by atoms with E-state index in [4.69, 9.17) is 9.47 Å². The molecule has 0 spiro atoms. The highest BCUT2D eigenvalue weighted by Gasteiger charge is 2.36. The highest BCUT2D eigenvalue weighted by atomic mass is 16.5. The number of aromatic nitrogens is 2. The number of fused-ring (bicyclic) bond motifs is 1. The van der Waals surface area contributed by atoms with Crippen molar-refractivity contribution in [3.05, 3.63) is 75.9 Å². The van der Waals surface area contributed by atoms with E-state index in [-0.39, 0.29) is 41.2 Å².